The van der Waals surface area contributed by atoms with Crippen LogP contribution in [0.1, 0.15) is 20.3 Å². The van der Waals surface area contributed by atoms with E-state index >= 15 is 0 Å². The molecule has 0 bridgehead atoms. The highest BCUT2D eigenvalue weighted by Crippen LogP contribution is 2.16. The number of hydrogen-bond acceptors (Lipinski definition) is 3. The van der Waals surface area contributed by atoms with Gasteiger partial charge in [0.15, 0.2) is 0 Å². The topological polar surface area (TPSA) is 66.8 Å². The molecule has 1 amide bonds. The molecule has 1 aromatic carbocycles. The predicted octanol–water partition coefficient (Wildman–Crippen LogP) is 2.79. The zero-order valence-electron chi connectivity index (χ0n) is 12.2. The van der Waals surface area contributed by atoms with E-state index in [-0.39, 0.29) is 25.5 Å². The summed E-state index contributed by atoms with van der Waals surface area (Å²) in [6.45, 7) is 4.43. The van der Waals surface area contributed by atoms with Crippen LogP contribution in [0.15, 0.2) is 28.7 Å². The summed E-state index contributed by atoms with van der Waals surface area (Å²) >= 11 is 3.34. The molecule has 0 fully saturated rings. The van der Waals surface area contributed by atoms with Crippen LogP contribution in [0.4, 0.5) is 0 Å². The Morgan fingerprint density at radius 2 is 1.95 bits per heavy atom. The van der Waals surface area contributed by atoms with Gasteiger partial charge in [-0.25, -0.2) is 0 Å². The maximum absolute atomic E-state index is 12.0. The van der Waals surface area contributed by atoms with Crippen LogP contribution >= 0.6 is 15.9 Å². The number of amides is 1. The van der Waals surface area contributed by atoms with E-state index in [4.69, 9.17) is 9.84 Å². The first-order valence-corrected chi connectivity index (χ1v) is 7.62. The largest absolute Gasteiger partial charge is 0.493 e. The number of rotatable bonds is 8. The van der Waals surface area contributed by atoms with Crippen molar-refractivity contribution in [1.82, 2.24) is 4.90 Å². The van der Waals surface area contributed by atoms with E-state index in [2.05, 4.69) is 15.9 Å². The maximum atomic E-state index is 12.0. The SMILES string of the molecule is CCN(CC(C)C(=O)O)C(=O)CCOc1ccc(Br)cc1. The van der Waals surface area contributed by atoms with Crippen molar-refractivity contribution in [2.24, 2.45) is 5.92 Å². The molecular weight excluding hydrogens is 338 g/mol. The van der Waals surface area contributed by atoms with Crippen molar-refractivity contribution in [1.29, 1.82) is 0 Å². The van der Waals surface area contributed by atoms with Crippen molar-refractivity contribution in [3.05, 3.63) is 28.7 Å². The Morgan fingerprint density at radius 3 is 2.48 bits per heavy atom. The first-order chi connectivity index (χ1) is 9.93. The summed E-state index contributed by atoms with van der Waals surface area (Å²) in [4.78, 5) is 24.4. The number of carbonyl (C=O) groups excluding carboxylic acids is 1. The summed E-state index contributed by atoms with van der Waals surface area (Å²) in [6, 6.07) is 7.37. The minimum Gasteiger partial charge on any atom is -0.493 e. The first-order valence-electron chi connectivity index (χ1n) is 6.83. The number of ether oxygens (including phenoxy) is 1. The molecule has 0 aliphatic rings. The minimum absolute atomic E-state index is 0.0947. The van der Waals surface area contributed by atoms with E-state index in [0.717, 1.165) is 4.47 Å². The van der Waals surface area contributed by atoms with Crippen molar-refractivity contribution in [2.45, 2.75) is 20.3 Å². The predicted molar refractivity (Wildman–Crippen MR) is 83.3 cm³/mol. The third-order valence-electron chi connectivity index (χ3n) is 3.05. The second kappa shape index (κ2) is 8.67. The van der Waals surface area contributed by atoms with Gasteiger partial charge in [-0.1, -0.05) is 22.9 Å². The van der Waals surface area contributed by atoms with Crippen molar-refractivity contribution in [3.8, 4) is 5.75 Å². The molecule has 1 N–H and O–H groups in total. The molecule has 5 nitrogen and oxygen atoms in total. The summed E-state index contributed by atoms with van der Waals surface area (Å²) in [5.74, 6) is -0.857. The number of aliphatic carboxylic acids is 1. The molecule has 0 heterocycles. The molecule has 0 spiro atoms. The average molecular weight is 358 g/mol. The van der Waals surface area contributed by atoms with E-state index in [0.29, 0.717) is 12.3 Å². The molecule has 1 atom stereocenters. The van der Waals surface area contributed by atoms with Gasteiger partial charge in [0, 0.05) is 17.6 Å². The molecule has 1 aromatic rings. The Hall–Kier alpha value is -1.56. The van der Waals surface area contributed by atoms with Gasteiger partial charge < -0.3 is 14.7 Å². The van der Waals surface area contributed by atoms with E-state index in [1.54, 1.807) is 11.8 Å². The zero-order valence-corrected chi connectivity index (χ0v) is 13.8. The number of nitrogens with zero attached hydrogens (tertiary/aromatic N) is 1. The Labute approximate surface area is 133 Å². The summed E-state index contributed by atoms with van der Waals surface area (Å²) in [5, 5.41) is 8.89. The van der Waals surface area contributed by atoms with E-state index < -0.39 is 11.9 Å². The number of benzene rings is 1. The zero-order chi connectivity index (χ0) is 15.8. The van der Waals surface area contributed by atoms with Gasteiger partial charge in [0.1, 0.15) is 5.75 Å². The number of halogens is 1. The van der Waals surface area contributed by atoms with Gasteiger partial charge in [0.25, 0.3) is 0 Å². The fourth-order valence-electron chi connectivity index (χ4n) is 1.76. The summed E-state index contributed by atoms with van der Waals surface area (Å²) in [5.41, 5.74) is 0. The van der Waals surface area contributed by atoms with Gasteiger partial charge in [-0.2, -0.15) is 0 Å². The summed E-state index contributed by atoms with van der Waals surface area (Å²) in [6.07, 6.45) is 0.232. The third-order valence-corrected chi connectivity index (χ3v) is 3.58. The van der Waals surface area contributed by atoms with Gasteiger partial charge in [0.05, 0.1) is 18.9 Å². The molecule has 21 heavy (non-hydrogen) atoms. The molecule has 0 aliphatic carbocycles. The van der Waals surface area contributed by atoms with Crippen LogP contribution in [0.25, 0.3) is 0 Å². The van der Waals surface area contributed by atoms with Crippen molar-refractivity contribution >= 4 is 27.8 Å². The first kappa shape index (κ1) is 17.5. The quantitative estimate of drug-likeness (QED) is 0.776. The van der Waals surface area contributed by atoms with Crippen LogP contribution in [-0.2, 0) is 9.59 Å². The van der Waals surface area contributed by atoms with Crippen molar-refractivity contribution in [3.63, 3.8) is 0 Å². The Morgan fingerprint density at radius 1 is 1.33 bits per heavy atom. The van der Waals surface area contributed by atoms with Crippen LogP contribution < -0.4 is 4.74 Å². The highest BCUT2D eigenvalue weighted by molar-refractivity contribution is 9.10. The Kier molecular flexibility index (Phi) is 7.22. The van der Waals surface area contributed by atoms with Gasteiger partial charge in [-0.15, -0.1) is 0 Å². The molecule has 116 valence electrons. The van der Waals surface area contributed by atoms with Crippen molar-refractivity contribution in [2.75, 3.05) is 19.7 Å². The number of carboxylic acids is 1. The lowest BCUT2D eigenvalue weighted by Gasteiger charge is -2.23. The van der Waals surface area contributed by atoms with E-state index in [1.807, 2.05) is 31.2 Å². The molecule has 0 saturated carbocycles. The molecule has 1 unspecified atom stereocenters. The fraction of sp³-hybridized carbons (Fsp3) is 0.467. The van der Waals surface area contributed by atoms with Crippen LogP contribution in [0.3, 0.4) is 0 Å². The van der Waals surface area contributed by atoms with Gasteiger partial charge in [-0.3, -0.25) is 9.59 Å². The van der Waals surface area contributed by atoms with Crippen LogP contribution in [0, 0.1) is 5.92 Å². The molecule has 0 aliphatic heterocycles. The third kappa shape index (κ3) is 6.16. The Balaban J connectivity index is 2.40. The highest BCUT2D eigenvalue weighted by Gasteiger charge is 2.19. The molecule has 6 heteroatoms. The number of carbonyl (C=O) groups is 2. The van der Waals surface area contributed by atoms with Crippen LogP contribution in [0.5, 0.6) is 5.75 Å². The lowest BCUT2D eigenvalue weighted by atomic mass is 10.1. The normalized spacial score (nSPS) is 11.8. The average Bonchev–Trinajstić information content (AvgIpc) is 2.46. The molecular formula is C15H20BrNO4. The summed E-state index contributed by atoms with van der Waals surface area (Å²) < 4.78 is 6.46. The van der Waals surface area contributed by atoms with Gasteiger partial charge in [-0.05, 0) is 31.2 Å². The second-order valence-corrected chi connectivity index (χ2v) is 5.64. The fourth-order valence-corrected chi connectivity index (χ4v) is 2.03. The van der Waals surface area contributed by atoms with Gasteiger partial charge >= 0.3 is 5.97 Å². The van der Waals surface area contributed by atoms with E-state index in [9.17, 15) is 9.59 Å². The maximum Gasteiger partial charge on any atom is 0.308 e. The van der Waals surface area contributed by atoms with Crippen LogP contribution in [-0.4, -0.2) is 41.6 Å². The number of carboxylic acid groups (broad SMARTS) is 1. The molecule has 1 rings (SSSR count). The Bertz CT molecular complexity index is 475. The van der Waals surface area contributed by atoms with Crippen LogP contribution in [0.2, 0.25) is 0 Å². The van der Waals surface area contributed by atoms with Crippen molar-refractivity contribution < 1.29 is 19.4 Å². The smallest absolute Gasteiger partial charge is 0.308 e. The highest BCUT2D eigenvalue weighted by atomic mass is 79.9. The van der Waals surface area contributed by atoms with Gasteiger partial charge in [0.2, 0.25) is 5.91 Å². The molecule has 0 aromatic heterocycles. The second-order valence-electron chi connectivity index (χ2n) is 4.72. The number of hydrogen-bond donors (Lipinski definition) is 1. The van der Waals surface area contributed by atoms with E-state index in [1.165, 1.54) is 0 Å². The minimum atomic E-state index is -0.896. The molecule has 0 radical (unpaired) electrons. The molecule has 0 saturated heterocycles. The lowest BCUT2D eigenvalue weighted by molar-refractivity contribution is -0.143. The lowest BCUT2D eigenvalue weighted by Crippen LogP contribution is -2.37. The summed E-state index contributed by atoms with van der Waals surface area (Å²) in [7, 11) is 0. The standard InChI is InChI=1S/C15H20BrNO4/c1-3-17(10-11(2)15(19)20)14(18)8-9-21-13-6-4-12(16)5-7-13/h4-7,11H,3,8-10H2,1-2H3,(H,19,20). The monoisotopic (exact) mass is 357 g/mol.